The molecule has 1 fully saturated rings. The molecule has 11 heteroatoms. The van der Waals surface area contributed by atoms with E-state index in [2.05, 4.69) is 19.9 Å². The SMILES string of the molecule is C[C@@H]1CN(c2cc3nc(-c4cc(C(=O)c5ccccc5C(F)(F)F)c[nH]4)[nH]c3cn2)C[C@@H](CO)O1. The molecule has 3 N–H and O–H groups in total. The number of ketones is 1. The Bertz CT molecular complexity index is 1380. The summed E-state index contributed by atoms with van der Waals surface area (Å²) in [4.78, 5) is 30.0. The zero-order valence-corrected chi connectivity index (χ0v) is 18.6. The number of aromatic nitrogens is 4. The lowest BCUT2D eigenvalue weighted by Crippen LogP contribution is -2.48. The third kappa shape index (κ3) is 4.52. The zero-order valence-electron chi connectivity index (χ0n) is 18.6. The van der Waals surface area contributed by atoms with Crippen LogP contribution in [0.1, 0.15) is 28.4 Å². The van der Waals surface area contributed by atoms with Crippen LogP contribution in [-0.2, 0) is 10.9 Å². The van der Waals surface area contributed by atoms with Crippen LogP contribution in [0.5, 0.6) is 0 Å². The van der Waals surface area contributed by atoms with Crippen molar-refractivity contribution in [2.75, 3.05) is 24.6 Å². The molecule has 0 saturated carbocycles. The van der Waals surface area contributed by atoms with Gasteiger partial charge in [0.15, 0.2) is 11.6 Å². The number of imidazole rings is 1. The minimum atomic E-state index is -4.63. The first kappa shape index (κ1) is 23.1. The first-order valence-corrected chi connectivity index (χ1v) is 11.0. The van der Waals surface area contributed by atoms with Crippen LogP contribution in [-0.4, -0.2) is 62.7 Å². The lowest BCUT2D eigenvalue weighted by atomic mass is 9.99. The summed E-state index contributed by atoms with van der Waals surface area (Å²) in [5.41, 5.74) is 0.452. The molecule has 0 bridgehead atoms. The summed E-state index contributed by atoms with van der Waals surface area (Å²) in [5.74, 6) is 0.376. The molecular formula is C24H22F3N5O3. The van der Waals surface area contributed by atoms with Crippen molar-refractivity contribution in [1.29, 1.82) is 0 Å². The van der Waals surface area contributed by atoms with E-state index >= 15 is 0 Å². The summed E-state index contributed by atoms with van der Waals surface area (Å²) >= 11 is 0. The van der Waals surface area contributed by atoms with Gasteiger partial charge in [-0.3, -0.25) is 4.79 Å². The number of rotatable bonds is 5. The molecule has 3 aromatic heterocycles. The van der Waals surface area contributed by atoms with E-state index in [0.717, 1.165) is 6.07 Å². The maximum absolute atomic E-state index is 13.3. The van der Waals surface area contributed by atoms with Crippen molar-refractivity contribution in [2.24, 2.45) is 0 Å². The molecule has 0 amide bonds. The molecule has 182 valence electrons. The summed E-state index contributed by atoms with van der Waals surface area (Å²) in [7, 11) is 0. The minimum Gasteiger partial charge on any atom is -0.394 e. The van der Waals surface area contributed by atoms with Crippen molar-refractivity contribution in [3.63, 3.8) is 0 Å². The smallest absolute Gasteiger partial charge is 0.394 e. The number of ether oxygens (including phenoxy) is 1. The van der Waals surface area contributed by atoms with Crippen molar-refractivity contribution in [2.45, 2.75) is 25.3 Å². The monoisotopic (exact) mass is 485 g/mol. The van der Waals surface area contributed by atoms with Gasteiger partial charge >= 0.3 is 6.18 Å². The second kappa shape index (κ2) is 8.82. The number of carbonyl (C=O) groups is 1. The molecule has 4 heterocycles. The number of H-pyrrole nitrogens is 2. The number of aliphatic hydroxyl groups is 1. The van der Waals surface area contributed by atoms with Gasteiger partial charge in [0.25, 0.3) is 0 Å². The zero-order chi connectivity index (χ0) is 24.7. The minimum absolute atomic E-state index is 0.0644. The number of aromatic amines is 2. The van der Waals surface area contributed by atoms with Crippen LogP contribution < -0.4 is 4.90 Å². The Morgan fingerprint density at radius 3 is 2.83 bits per heavy atom. The number of carbonyl (C=O) groups excluding carboxylic acids is 1. The van der Waals surface area contributed by atoms with E-state index < -0.39 is 23.1 Å². The maximum Gasteiger partial charge on any atom is 0.417 e. The standard InChI is InChI=1S/C24H22F3N5O3/c1-13-10-32(11-15(12-33)35-13)21-7-18-20(9-29-21)31-23(30-18)19-6-14(8-28-19)22(34)16-4-2-3-5-17(16)24(25,26)27/h2-9,13,15,28,33H,10-12H2,1H3,(H,30,31)/t13-,15+/m1/s1. The van der Waals surface area contributed by atoms with Gasteiger partial charge in [0.2, 0.25) is 0 Å². The van der Waals surface area contributed by atoms with Gasteiger partial charge in [-0.25, -0.2) is 9.97 Å². The number of hydrogen-bond donors (Lipinski definition) is 3. The average Bonchev–Trinajstić information content (AvgIpc) is 3.49. The van der Waals surface area contributed by atoms with Crippen LogP contribution in [0.15, 0.2) is 48.8 Å². The van der Waals surface area contributed by atoms with E-state index in [9.17, 15) is 23.1 Å². The molecule has 1 aromatic carbocycles. The van der Waals surface area contributed by atoms with Gasteiger partial charge in [-0.2, -0.15) is 13.2 Å². The fraction of sp³-hybridized carbons (Fsp3) is 0.292. The predicted molar refractivity (Wildman–Crippen MR) is 122 cm³/mol. The number of anilines is 1. The molecular weight excluding hydrogens is 463 g/mol. The molecule has 0 spiro atoms. The van der Waals surface area contributed by atoms with Crippen LogP contribution >= 0.6 is 0 Å². The van der Waals surface area contributed by atoms with Crippen LogP contribution in [0.2, 0.25) is 0 Å². The van der Waals surface area contributed by atoms with Gasteiger partial charge in [0, 0.05) is 36.5 Å². The van der Waals surface area contributed by atoms with Gasteiger partial charge in [0.05, 0.1) is 47.3 Å². The summed E-state index contributed by atoms with van der Waals surface area (Å²) in [6.45, 7) is 2.96. The quantitative estimate of drug-likeness (QED) is 0.372. The number of alkyl halides is 3. The topological polar surface area (TPSA) is 107 Å². The first-order valence-electron chi connectivity index (χ1n) is 11.0. The highest BCUT2D eigenvalue weighted by Crippen LogP contribution is 2.33. The van der Waals surface area contributed by atoms with E-state index in [1.165, 1.54) is 30.5 Å². The van der Waals surface area contributed by atoms with Gasteiger partial charge < -0.3 is 24.7 Å². The third-order valence-corrected chi connectivity index (χ3v) is 5.88. The fourth-order valence-electron chi connectivity index (χ4n) is 4.28. The molecule has 35 heavy (non-hydrogen) atoms. The molecule has 5 rings (SSSR count). The van der Waals surface area contributed by atoms with E-state index in [1.807, 2.05) is 17.9 Å². The Kier molecular flexibility index (Phi) is 5.81. The highest BCUT2D eigenvalue weighted by Gasteiger charge is 2.35. The lowest BCUT2D eigenvalue weighted by Gasteiger charge is -2.36. The van der Waals surface area contributed by atoms with Crippen LogP contribution in [0.3, 0.4) is 0 Å². The second-order valence-electron chi connectivity index (χ2n) is 8.48. The van der Waals surface area contributed by atoms with E-state index in [4.69, 9.17) is 4.74 Å². The summed E-state index contributed by atoms with van der Waals surface area (Å²) < 4.78 is 45.7. The number of nitrogens with one attached hydrogen (secondary N) is 2. The molecule has 1 aliphatic heterocycles. The number of nitrogens with zero attached hydrogens (tertiary/aromatic N) is 3. The molecule has 0 radical (unpaired) electrons. The maximum atomic E-state index is 13.3. The number of hydrogen-bond acceptors (Lipinski definition) is 6. The normalized spacial score (nSPS) is 18.8. The average molecular weight is 485 g/mol. The Labute approximate surface area is 197 Å². The summed E-state index contributed by atoms with van der Waals surface area (Å²) in [6.07, 6.45) is -1.99. The van der Waals surface area contributed by atoms with Crippen molar-refractivity contribution in [1.82, 2.24) is 19.9 Å². The summed E-state index contributed by atoms with van der Waals surface area (Å²) in [5, 5.41) is 9.47. The van der Waals surface area contributed by atoms with Crippen molar-refractivity contribution in [3.05, 3.63) is 65.5 Å². The Balaban J connectivity index is 1.42. The Hall–Kier alpha value is -3.70. The fourth-order valence-corrected chi connectivity index (χ4v) is 4.28. The second-order valence-corrected chi connectivity index (χ2v) is 8.48. The molecule has 8 nitrogen and oxygen atoms in total. The molecule has 1 saturated heterocycles. The van der Waals surface area contributed by atoms with Gasteiger partial charge in [-0.1, -0.05) is 18.2 Å². The van der Waals surface area contributed by atoms with Gasteiger partial charge in [-0.15, -0.1) is 0 Å². The molecule has 0 aliphatic carbocycles. The van der Waals surface area contributed by atoms with Gasteiger partial charge in [0.1, 0.15) is 5.82 Å². The van der Waals surface area contributed by atoms with Crippen LogP contribution in [0, 0.1) is 0 Å². The molecule has 0 unspecified atom stereocenters. The van der Waals surface area contributed by atoms with E-state index in [0.29, 0.717) is 41.5 Å². The van der Waals surface area contributed by atoms with Crippen molar-refractivity contribution in [3.8, 4) is 11.5 Å². The predicted octanol–water partition coefficient (Wildman–Crippen LogP) is 3.79. The Morgan fingerprint density at radius 2 is 2.06 bits per heavy atom. The van der Waals surface area contributed by atoms with Gasteiger partial charge in [-0.05, 0) is 19.1 Å². The van der Waals surface area contributed by atoms with E-state index in [-0.39, 0.29) is 24.4 Å². The number of fused-ring (bicyclic) bond motifs is 1. The number of morpholine rings is 1. The number of aliphatic hydroxyl groups excluding tert-OH is 1. The number of benzene rings is 1. The third-order valence-electron chi connectivity index (χ3n) is 5.88. The lowest BCUT2D eigenvalue weighted by molar-refractivity contribution is -0.137. The Morgan fingerprint density at radius 1 is 1.26 bits per heavy atom. The largest absolute Gasteiger partial charge is 0.417 e. The number of pyridine rings is 1. The van der Waals surface area contributed by atoms with E-state index in [1.54, 1.807) is 6.20 Å². The first-order chi connectivity index (χ1) is 16.7. The molecule has 4 aromatic rings. The van der Waals surface area contributed by atoms with Crippen molar-refractivity contribution >= 4 is 22.6 Å². The molecule has 2 atom stereocenters. The van der Waals surface area contributed by atoms with Crippen LogP contribution in [0.25, 0.3) is 22.6 Å². The highest BCUT2D eigenvalue weighted by molar-refractivity contribution is 6.10. The van der Waals surface area contributed by atoms with Crippen molar-refractivity contribution < 1.29 is 27.8 Å². The summed E-state index contributed by atoms with van der Waals surface area (Å²) in [6, 6.07) is 7.99. The highest BCUT2D eigenvalue weighted by atomic mass is 19.4. The number of halogens is 3. The molecule has 1 aliphatic rings. The van der Waals surface area contributed by atoms with Crippen LogP contribution in [0.4, 0.5) is 19.0 Å².